The van der Waals surface area contributed by atoms with Gasteiger partial charge in [0.1, 0.15) is 0 Å². The normalized spacial score (nSPS) is 12.3. The molecule has 0 heterocycles. The van der Waals surface area contributed by atoms with E-state index >= 15 is 0 Å². The molecular formula is C21H35NO. The third-order valence-corrected chi connectivity index (χ3v) is 4.33. The highest BCUT2D eigenvalue weighted by Gasteiger charge is 2.03. The van der Waals surface area contributed by atoms with Crippen LogP contribution in [0.15, 0.2) is 36.4 Å². The Morgan fingerprint density at radius 3 is 2.30 bits per heavy atom. The zero-order valence-electron chi connectivity index (χ0n) is 15.1. The fourth-order valence-electron chi connectivity index (χ4n) is 2.65. The first-order chi connectivity index (χ1) is 11.1. The second-order valence-electron chi connectivity index (χ2n) is 6.66. The Bertz CT molecular complexity index is 424. The van der Waals surface area contributed by atoms with Gasteiger partial charge in [-0.15, -0.1) is 0 Å². The van der Waals surface area contributed by atoms with Crippen LogP contribution < -0.4 is 5.32 Å². The molecular weight excluding hydrogens is 282 g/mol. The van der Waals surface area contributed by atoms with Crippen LogP contribution in [0, 0.1) is 0 Å². The molecule has 0 aliphatic rings. The molecule has 130 valence electrons. The lowest BCUT2D eigenvalue weighted by Gasteiger charge is -2.11. The molecule has 2 heteroatoms. The van der Waals surface area contributed by atoms with Crippen molar-refractivity contribution in [3.8, 4) is 0 Å². The molecule has 1 aromatic rings. The summed E-state index contributed by atoms with van der Waals surface area (Å²) in [5.74, 6) is 0. The Morgan fingerprint density at radius 2 is 1.65 bits per heavy atom. The van der Waals surface area contributed by atoms with E-state index in [1.165, 1.54) is 56.1 Å². The van der Waals surface area contributed by atoms with E-state index in [9.17, 15) is 5.11 Å². The van der Waals surface area contributed by atoms with Crippen LogP contribution in [0.5, 0.6) is 0 Å². The minimum atomic E-state index is -0.387. The monoisotopic (exact) mass is 317 g/mol. The van der Waals surface area contributed by atoms with Crippen molar-refractivity contribution in [3.63, 3.8) is 0 Å². The lowest BCUT2D eigenvalue weighted by Crippen LogP contribution is -2.20. The second-order valence-corrected chi connectivity index (χ2v) is 6.66. The fourth-order valence-corrected chi connectivity index (χ4v) is 2.65. The largest absolute Gasteiger partial charge is 0.389 e. The molecule has 2 N–H and O–H groups in total. The van der Waals surface area contributed by atoms with Crippen LogP contribution in [0.1, 0.15) is 69.9 Å². The maximum Gasteiger partial charge on any atom is 0.0756 e. The SMILES string of the molecule is C=C(C)C(O)CCNCc1ccc(CCCCCCCC)cc1. The molecule has 0 aliphatic heterocycles. The summed E-state index contributed by atoms with van der Waals surface area (Å²) in [4.78, 5) is 0. The van der Waals surface area contributed by atoms with Gasteiger partial charge in [0.15, 0.2) is 0 Å². The number of aliphatic hydroxyl groups excluding tert-OH is 1. The summed E-state index contributed by atoms with van der Waals surface area (Å²) in [7, 11) is 0. The predicted molar refractivity (Wildman–Crippen MR) is 101 cm³/mol. The highest BCUT2D eigenvalue weighted by molar-refractivity contribution is 5.22. The molecule has 0 amide bonds. The standard InChI is InChI=1S/C21H35NO/c1-4-5-6-7-8-9-10-19-11-13-20(14-12-19)17-22-16-15-21(23)18(2)3/h11-14,21-23H,2,4-10,15-17H2,1,3H3. The van der Waals surface area contributed by atoms with Gasteiger partial charge in [-0.05, 0) is 43.9 Å². The molecule has 0 bridgehead atoms. The van der Waals surface area contributed by atoms with E-state index < -0.39 is 0 Å². The van der Waals surface area contributed by atoms with Gasteiger partial charge in [-0.25, -0.2) is 0 Å². The molecule has 1 aromatic carbocycles. The van der Waals surface area contributed by atoms with Gasteiger partial charge < -0.3 is 10.4 Å². The molecule has 1 atom stereocenters. The number of nitrogens with one attached hydrogen (secondary N) is 1. The Morgan fingerprint density at radius 1 is 1.04 bits per heavy atom. The topological polar surface area (TPSA) is 32.3 Å². The first-order valence-electron chi connectivity index (χ1n) is 9.25. The molecule has 0 radical (unpaired) electrons. The van der Waals surface area contributed by atoms with Crippen LogP contribution in [-0.4, -0.2) is 17.8 Å². The molecule has 2 nitrogen and oxygen atoms in total. The number of hydrogen-bond acceptors (Lipinski definition) is 2. The molecule has 23 heavy (non-hydrogen) atoms. The number of aliphatic hydroxyl groups is 1. The van der Waals surface area contributed by atoms with Gasteiger partial charge in [0, 0.05) is 6.54 Å². The first-order valence-corrected chi connectivity index (χ1v) is 9.25. The van der Waals surface area contributed by atoms with Gasteiger partial charge >= 0.3 is 0 Å². The molecule has 0 saturated heterocycles. The lowest BCUT2D eigenvalue weighted by molar-refractivity contribution is 0.200. The average molecular weight is 318 g/mol. The van der Waals surface area contributed by atoms with Crippen LogP contribution in [0.4, 0.5) is 0 Å². The molecule has 1 unspecified atom stereocenters. The quantitative estimate of drug-likeness (QED) is 0.396. The number of aryl methyl sites for hydroxylation is 1. The van der Waals surface area contributed by atoms with Crippen LogP contribution in [0.3, 0.4) is 0 Å². The minimum absolute atomic E-state index is 0.387. The second kappa shape index (κ2) is 12.3. The smallest absolute Gasteiger partial charge is 0.0756 e. The van der Waals surface area contributed by atoms with Gasteiger partial charge in [0.25, 0.3) is 0 Å². The predicted octanol–water partition coefficient (Wildman–Crippen LogP) is 5.01. The van der Waals surface area contributed by atoms with Crippen molar-refractivity contribution in [2.45, 2.75) is 77.9 Å². The summed E-state index contributed by atoms with van der Waals surface area (Å²) in [5.41, 5.74) is 3.59. The van der Waals surface area contributed by atoms with E-state index in [0.29, 0.717) is 0 Å². The van der Waals surface area contributed by atoms with Crippen LogP contribution >= 0.6 is 0 Å². The minimum Gasteiger partial charge on any atom is -0.389 e. The van der Waals surface area contributed by atoms with Gasteiger partial charge in [-0.3, -0.25) is 0 Å². The molecule has 0 aliphatic carbocycles. The third-order valence-electron chi connectivity index (χ3n) is 4.33. The highest BCUT2D eigenvalue weighted by atomic mass is 16.3. The van der Waals surface area contributed by atoms with Gasteiger partial charge in [-0.1, -0.05) is 75.4 Å². The molecule has 0 spiro atoms. The maximum absolute atomic E-state index is 9.67. The Balaban J connectivity index is 2.14. The van der Waals surface area contributed by atoms with E-state index in [1.807, 2.05) is 6.92 Å². The number of unbranched alkanes of at least 4 members (excludes halogenated alkanes) is 5. The molecule has 1 rings (SSSR count). The molecule has 0 saturated carbocycles. The molecule has 0 aromatic heterocycles. The van der Waals surface area contributed by atoms with Gasteiger partial charge in [0.05, 0.1) is 6.10 Å². The van der Waals surface area contributed by atoms with Crippen molar-refractivity contribution in [1.82, 2.24) is 5.32 Å². The van der Waals surface area contributed by atoms with Crippen molar-refractivity contribution in [2.75, 3.05) is 6.54 Å². The molecule has 0 fully saturated rings. The summed E-state index contributed by atoms with van der Waals surface area (Å²) in [6, 6.07) is 8.95. The highest BCUT2D eigenvalue weighted by Crippen LogP contribution is 2.11. The third kappa shape index (κ3) is 9.58. The van der Waals surface area contributed by atoms with Crippen molar-refractivity contribution >= 4 is 0 Å². The van der Waals surface area contributed by atoms with Gasteiger partial charge in [0.2, 0.25) is 0 Å². The summed E-state index contributed by atoms with van der Waals surface area (Å²) in [5, 5.41) is 13.0. The van der Waals surface area contributed by atoms with E-state index in [2.05, 4.69) is 43.1 Å². The Hall–Kier alpha value is -1.12. The van der Waals surface area contributed by atoms with Crippen LogP contribution in [0.25, 0.3) is 0 Å². The van der Waals surface area contributed by atoms with Crippen molar-refractivity contribution < 1.29 is 5.11 Å². The van der Waals surface area contributed by atoms with Crippen LogP contribution in [-0.2, 0) is 13.0 Å². The van der Waals surface area contributed by atoms with Gasteiger partial charge in [-0.2, -0.15) is 0 Å². The Kier molecular flexibility index (Phi) is 10.7. The number of rotatable bonds is 13. The van der Waals surface area contributed by atoms with Crippen molar-refractivity contribution in [3.05, 3.63) is 47.5 Å². The van der Waals surface area contributed by atoms with E-state index in [0.717, 1.165) is 25.1 Å². The zero-order valence-corrected chi connectivity index (χ0v) is 15.1. The lowest BCUT2D eigenvalue weighted by atomic mass is 10.0. The number of benzene rings is 1. The maximum atomic E-state index is 9.67. The Labute approximate surface area is 143 Å². The fraction of sp³-hybridized carbons (Fsp3) is 0.619. The summed E-state index contributed by atoms with van der Waals surface area (Å²) >= 11 is 0. The van der Waals surface area contributed by atoms with Crippen molar-refractivity contribution in [1.29, 1.82) is 0 Å². The van der Waals surface area contributed by atoms with E-state index in [-0.39, 0.29) is 6.10 Å². The van der Waals surface area contributed by atoms with Crippen LogP contribution in [0.2, 0.25) is 0 Å². The van der Waals surface area contributed by atoms with E-state index in [4.69, 9.17) is 0 Å². The summed E-state index contributed by atoms with van der Waals surface area (Å²) in [6.07, 6.45) is 9.67. The van der Waals surface area contributed by atoms with Crippen molar-refractivity contribution in [2.24, 2.45) is 0 Å². The summed E-state index contributed by atoms with van der Waals surface area (Å²) < 4.78 is 0. The first kappa shape index (κ1) is 19.9. The summed E-state index contributed by atoms with van der Waals surface area (Å²) in [6.45, 7) is 9.57. The zero-order chi connectivity index (χ0) is 16.9. The van der Waals surface area contributed by atoms with E-state index in [1.54, 1.807) is 0 Å². The average Bonchev–Trinajstić information content (AvgIpc) is 2.55. The number of hydrogen-bond donors (Lipinski definition) is 2.